The van der Waals surface area contributed by atoms with Gasteiger partial charge >= 0.3 is 6.03 Å². The van der Waals surface area contributed by atoms with Crippen LogP contribution in [0.4, 0.5) is 24.5 Å². The molecule has 3 heterocycles. The zero-order valence-corrected chi connectivity index (χ0v) is 19.2. The molecule has 3 N–H and O–H groups in total. The minimum Gasteiger partial charge on any atom is -0.390 e. The minimum absolute atomic E-state index is 0.132. The average molecular weight is 478 g/mol. The predicted octanol–water partition coefficient (Wildman–Crippen LogP) is 3.43. The topological polar surface area (TPSA) is 102 Å². The first-order valence-electron chi connectivity index (χ1n) is 10.5. The molecule has 1 aromatic carbocycles. The summed E-state index contributed by atoms with van der Waals surface area (Å²) in [5, 5.41) is 22.6. The molecule has 0 bridgehead atoms. The van der Waals surface area contributed by atoms with E-state index < -0.39 is 18.0 Å². The van der Waals surface area contributed by atoms with Crippen molar-refractivity contribution in [2.45, 2.75) is 39.0 Å². The molecule has 8 nitrogen and oxygen atoms in total. The molecular weight excluding hydrogens is 452 g/mol. The Balaban J connectivity index is 1.42. The molecule has 1 fully saturated rings. The zero-order chi connectivity index (χ0) is 23.9. The van der Waals surface area contributed by atoms with Gasteiger partial charge in [-0.2, -0.15) is 0 Å². The lowest BCUT2D eigenvalue weighted by atomic mass is 10.1. The first-order chi connectivity index (χ1) is 15.6. The van der Waals surface area contributed by atoms with Crippen LogP contribution in [-0.2, 0) is 0 Å². The van der Waals surface area contributed by atoms with Gasteiger partial charge in [0.15, 0.2) is 16.8 Å². The minimum atomic E-state index is -1.22. The third kappa shape index (κ3) is 4.75. The number of aryl methyl sites for hydroxylation is 1. The van der Waals surface area contributed by atoms with E-state index in [0.717, 1.165) is 0 Å². The molecule has 3 atom stereocenters. The number of pyridine rings is 1. The van der Waals surface area contributed by atoms with E-state index in [-0.39, 0.29) is 29.3 Å². The Hall–Kier alpha value is -2.89. The summed E-state index contributed by atoms with van der Waals surface area (Å²) in [5.41, 5.74) is 1.31. The summed E-state index contributed by atoms with van der Waals surface area (Å²) >= 11 is 1.20. The van der Waals surface area contributed by atoms with Crippen LogP contribution < -0.4 is 10.2 Å². The zero-order valence-electron chi connectivity index (χ0n) is 18.4. The molecule has 1 aliphatic rings. The second kappa shape index (κ2) is 9.16. The lowest BCUT2D eigenvalue weighted by Gasteiger charge is -2.40. The Labute approximate surface area is 193 Å². The molecule has 176 valence electrons. The number of rotatable bonds is 4. The molecule has 3 aromatic rings. The van der Waals surface area contributed by atoms with E-state index in [1.807, 2.05) is 6.92 Å². The largest absolute Gasteiger partial charge is 0.390 e. The summed E-state index contributed by atoms with van der Waals surface area (Å²) in [4.78, 5) is 24.7. The van der Waals surface area contributed by atoms with Gasteiger partial charge in [-0.1, -0.05) is 11.3 Å². The molecule has 2 aromatic heterocycles. The van der Waals surface area contributed by atoms with E-state index in [2.05, 4.69) is 15.3 Å². The Kier molecular flexibility index (Phi) is 6.46. The van der Waals surface area contributed by atoms with Crippen LogP contribution in [0, 0.1) is 18.6 Å². The molecule has 0 aliphatic carbocycles. The van der Waals surface area contributed by atoms with Crippen LogP contribution in [0.3, 0.4) is 0 Å². The number of carbonyl (C=O) groups is 1. The molecule has 0 spiro atoms. The smallest absolute Gasteiger partial charge is 0.323 e. The monoisotopic (exact) mass is 477 g/mol. The number of hydrogen-bond acceptors (Lipinski definition) is 7. The molecule has 2 amide bonds. The van der Waals surface area contributed by atoms with E-state index in [4.69, 9.17) is 0 Å². The van der Waals surface area contributed by atoms with Gasteiger partial charge in [0.05, 0.1) is 16.3 Å². The van der Waals surface area contributed by atoms with Gasteiger partial charge in [-0.05, 0) is 44.5 Å². The number of aromatic nitrogens is 2. The van der Waals surface area contributed by atoms with E-state index in [0.29, 0.717) is 40.5 Å². The summed E-state index contributed by atoms with van der Waals surface area (Å²) in [6.07, 6.45) is -0.919. The van der Waals surface area contributed by atoms with Crippen LogP contribution in [0.5, 0.6) is 0 Å². The highest BCUT2D eigenvalue weighted by atomic mass is 32.1. The first-order valence-corrected chi connectivity index (χ1v) is 11.4. The second-order valence-electron chi connectivity index (χ2n) is 8.27. The molecule has 1 aliphatic heterocycles. The van der Waals surface area contributed by atoms with E-state index in [1.165, 1.54) is 36.6 Å². The quantitative estimate of drug-likeness (QED) is 0.532. The number of aliphatic hydroxyl groups is 2. The second-order valence-corrected chi connectivity index (χ2v) is 9.30. The Morgan fingerprint density at radius 1 is 1.24 bits per heavy atom. The number of aliphatic hydroxyl groups excluding tert-OH is 2. The molecule has 11 heteroatoms. The van der Waals surface area contributed by atoms with Gasteiger partial charge in [0, 0.05) is 37.4 Å². The van der Waals surface area contributed by atoms with Gasteiger partial charge in [-0.15, -0.1) is 0 Å². The van der Waals surface area contributed by atoms with E-state index in [9.17, 15) is 23.8 Å². The maximum Gasteiger partial charge on any atom is 0.323 e. The highest BCUT2D eigenvalue weighted by Crippen LogP contribution is 2.29. The third-order valence-corrected chi connectivity index (χ3v) is 6.64. The van der Waals surface area contributed by atoms with Crippen LogP contribution in [0.25, 0.3) is 10.2 Å². The lowest BCUT2D eigenvalue weighted by molar-refractivity contribution is 0.0301. The Morgan fingerprint density at radius 2 is 2.00 bits per heavy atom. The van der Waals surface area contributed by atoms with Crippen LogP contribution in [0.2, 0.25) is 0 Å². The number of benzene rings is 1. The molecular formula is C22H25F2N5O3S. The normalized spacial score (nSPS) is 18.5. The summed E-state index contributed by atoms with van der Waals surface area (Å²) < 4.78 is 29.1. The third-order valence-electron chi connectivity index (χ3n) is 5.71. The number of carbonyl (C=O) groups excluding carboxylic acids is 1. The SMILES string of the molecule is Cc1cc2nc(NC(=O)N3CCN(c4ncc([C@H](O)[C@H](C)O)cc4F)[C@H](C)C3)sc2cc1F. The van der Waals surface area contributed by atoms with Crippen molar-refractivity contribution in [2.75, 3.05) is 29.9 Å². The summed E-state index contributed by atoms with van der Waals surface area (Å²) in [6, 6.07) is 3.67. The maximum atomic E-state index is 14.7. The molecule has 0 unspecified atom stereocenters. The standard InChI is InChI=1S/C22H25F2N5O3S/c1-11-6-17-18(8-15(11)23)33-21(26-17)27-22(32)28-4-5-29(12(2)10-28)20-16(24)7-14(9-25-20)19(31)13(3)30/h6-9,12-13,19,30-31H,4-5,10H2,1-3H3,(H,26,27,32)/t12-,13+,19-/m1/s1. The predicted molar refractivity (Wildman–Crippen MR) is 123 cm³/mol. The van der Waals surface area contributed by atoms with Crippen molar-refractivity contribution in [1.29, 1.82) is 0 Å². The van der Waals surface area contributed by atoms with E-state index >= 15 is 0 Å². The van der Waals surface area contributed by atoms with Gasteiger partial charge in [0.1, 0.15) is 11.9 Å². The van der Waals surface area contributed by atoms with Crippen LogP contribution in [-0.4, -0.2) is 62.9 Å². The fourth-order valence-corrected chi connectivity index (χ4v) is 4.69. The van der Waals surface area contributed by atoms with Crippen molar-refractivity contribution in [3.05, 3.63) is 47.2 Å². The highest BCUT2D eigenvalue weighted by molar-refractivity contribution is 7.22. The highest BCUT2D eigenvalue weighted by Gasteiger charge is 2.30. The van der Waals surface area contributed by atoms with Gasteiger partial charge in [0.2, 0.25) is 0 Å². The molecule has 1 saturated heterocycles. The number of thiazole rings is 1. The fourth-order valence-electron chi connectivity index (χ4n) is 3.83. The van der Waals surface area contributed by atoms with Crippen LogP contribution in [0.15, 0.2) is 24.4 Å². The van der Waals surface area contributed by atoms with Crippen molar-refractivity contribution < 1.29 is 23.8 Å². The lowest BCUT2D eigenvalue weighted by Crippen LogP contribution is -2.55. The van der Waals surface area contributed by atoms with Crippen molar-refractivity contribution >= 4 is 38.5 Å². The molecule has 33 heavy (non-hydrogen) atoms. The van der Waals surface area contributed by atoms with Crippen molar-refractivity contribution in [2.24, 2.45) is 0 Å². The average Bonchev–Trinajstić information content (AvgIpc) is 3.14. The number of anilines is 2. The van der Waals surface area contributed by atoms with Gasteiger partial charge in [-0.25, -0.2) is 23.5 Å². The maximum absolute atomic E-state index is 14.7. The van der Waals surface area contributed by atoms with Gasteiger partial charge in [-0.3, -0.25) is 5.32 Å². The Bertz CT molecular complexity index is 1150. The summed E-state index contributed by atoms with van der Waals surface area (Å²) in [7, 11) is 0. The number of urea groups is 1. The van der Waals surface area contributed by atoms with Crippen LogP contribution in [0.1, 0.15) is 31.1 Å². The number of halogens is 2. The first kappa shape index (κ1) is 23.3. The number of amides is 2. The number of hydrogen-bond donors (Lipinski definition) is 3. The van der Waals surface area contributed by atoms with Gasteiger partial charge < -0.3 is 20.0 Å². The molecule has 0 radical (unpaired) electrons. The number of nitrogens with zero attached hydrogens (tertiary/aromatic N) is 4. The van der Waals surface area contributed by atoms with E-state index in [1.54, 1.807) is 22.8 Å². The molecule has 4 rings (SSSR count). The van der Waals surface area contributed by atoms with Crippen molar-refractivity contribution in [3.63, 3.8) is 0 Å². The van der Waals surface area contributed by atoms with Gasteiger partial charge in [0.25, 0.3) is 0 Å². The summed E-state index contributed by atoms with van der Waals surface area (Å²) in [6.45, 7) is 5.98. The number of nitrogens with one attached hydrogen (secondary N) is 1. The molecule has 0 saturated carbocycles. The van der Waals surface area contributed by atoms with Crippen molar-refractivity contribution in [3.8, 4) is 0 Å². The number of piperazine rings is 1. The van der Waals surface area contributed by atoms with Crippen molar-refractivity contribution in [1.82, 2.24) is 14.9 Å². The number of fused-ring (bicyclic) bond motifs is 1. The fraction of sp³-hybridized carbons (Fsp3) is 0.409. The Morgan fingerprint density at radius 3 is 2.67 bits per heavy atom. The van der Waals surface area contributed by atoms with Crippen LogP contribution >= 0.6 is 11.3 Å². The summed E-state index contributed by atoms with van der Waals surface area (Å²) in [5.74, 6) is -0.787.